The van der Waals surface area contributed by atoms with Crippen molar-refractivity contribution in [1.82, 2.24) is 0 Å². The van der Waals surface area contributed by atoms with E-state index < -0.39 is 0 Å². The predicted octanol–water partition coefficient (Wildman–Crippen LogP) is 1.58. The van der Waals surface area contributed by atoms with Gasteiger partial charge in [-0.15, -0.1) is 0 Å². The van der Waals surface area contributed by atoms with Gasteiger partial charge in [0.15, 0.2) is 0 Å². The van der Waals surface area contributed by atoms with E-state index in [-0.39, 0.29) is 23.5 Å². The minimum atomic E-state index is -0.330. The van der Waals surface area contributed by atoms with E-state index in [9.17, 15) is 4.79 Å². The summed E-state index contributed by atoms with van der Waals surface area (Å²) in [4.78, 5) is 11.7. The van der Waals surface area contributed by atoms with Crippen LogP contribution in [0.15, 0.2) is 0 Å². The Bertz CT molecular complexity index is 255. The van der Waals surface area contributed by atoms with E-state index in [0.29, 0.717) is 19.3 Å². The highest BCUT2D eigenvalue weighted by molar-refractivity contribution is 9.09. The topological polar surface area (TPSA) is 59.3 Å². The summed E-state index contributed by atoms with van der Waals surface area (Å²) in [5, 5.41) is 8.40. The Kier molecular flexibility index (Phi) is 4.27. The SMILES string of the molecule is CCOC(=O)[C@H]1C[C@H](Br)CB1OC#N. The predicted molar refractivity (Wildman–Crippen MR) is 55.0 cm³/mol. The summed E-state index contributed by atoms with van der Waals surface area (Å²) in [5.74, 6) is -0.575. The third kappa shape index (κ3) is 2.64. The molecule has 1 rings (SSSR count). The first-order valence-electron chi connectivity index (χ1n) is 4.54. The lowest BCUT2D eigenvalue weighted by Gasteiger charge is -2.11. The van der Waals surface area contributed by atoms with Crippen LogP contribution in [0.1, 0.15) is 13.3 Å². The Morgan fingerprint density at radius 2 is 2.50 bits per heavy atom. The Morgan fingerprint density at radius 3 is 3.07 bits per heavy atom. The molecule has 0 amide bonds. The van der Waals surface area contributed by atoms with Crippen molar-refractivity contribution in [2.45, 2.75) is 30.3 Å². The van der Waals surface area contributed by atoms with Crippen molar-refractivity contribution >= 4 is 28.8 Å². The Balaban J connectivity index is 2.57. The van der Waals surface area contributed by atoms with E-state index in [1.165, 1.54) is 0 Å². The van der Waals surface area contributed by atoms with Gasteiger partial charge in [0, 0.05) is 4.83 Å². The number of esters is 1. The highest BCUT2D eigenvalue weighted by atomic mass is 79.9. The highest BCUT2D eigenvalue weighted by Crippen LogP contribution is 2.36. The maximum atomic E-state index is 11.4. The molecular formula is C8H11BBrNO3. The fourth-order valence-electron chi connectivity index (χ4n) is 1.64. The van der Waals surface area contributed by atoms with E-state index in [0.717, 1.165) is 0 Å². The second-order valence-electron chi connectivity index (χ2n) is 3.17. The Labute approximate surface area is 91.8 Å². The number of ether oxygens (including phenoxy) is 1. The number of alkyl halides is 1. The van der Waals surface area contributed by atoms with Crippen molar-refractivity contribution in [1.29, 1.82) is 5.26 Å². The molecule has 14 heavy (non-hydrogen) atoms. The van der Waals surface area contributed by atoms with E-state index >= 15 is 0 Å². The van der Waals surface area contributed by atoms with Crippen LogP contribution in [0.3, 0.4) is 0 Å². The van der Waals surface area contributed by atoms with Crippen molar-refractivity contribution in [2.75, 3.05) is 6.61 Å². The van der Waals surface area contributed by atoms with Gasteiger partial charge >= 0.3 is 12.9 Å². The summed E-state index contributed by atoms with van der Waals surface area (Å²) in [5.41, 5.74) is 0. The minimum absolute atomic E-state index is 0.232. The maximum absolute atomic E-state index is 11.4. The lowest BCUT2D eigenvalue weighted by atomic mass is 9.58. The molecule has 6 heteroatoms. The molecular weight excluding hydrogens is 249 g/mol. The molecule has 0 saturated carbocycles. The molecule has 0 aromatic carbocycles. The summed E-state index contributed by atoms with van der Waals surface area (Å²) < 4.78 is 9.73. The molecule has 1 aliphatic rings. The number of carbonyl (C=O) groups is 1. The lowest BCUT2D eigenvalue weighted by molar-refractivity contribution is -0.143. The van der Waals surface area contributed by atoms with Crippen LogP contribution < -0.4 is 0 Å². The fourth-order valence-corrected chi connectivity index (χ4v) is 2.41. The van der Waals surface area contributed by atoms with Gasteiger partial charge in [0.2, 0.25) is 0 Å². The molecule has 0 N–H and O–H groups in total. The average molecular weight is 260 g/mol. The van der Waals surface area contributed by atoms with Crippen LogP contribution >= 0.6 is 15.9 Å². The molecule has 0 bridgehead atoms. The number of nitrogens with zero attached hydrogens (tertiary/aromatic N) is 1. The zero-order chi connectivity index (χ0) is 10.6. The van der Waals surface area contributed by atoms with E-state index in [1.54, 1.807) is 13.2 Å². The first kappa shape index (κ1) is 11.4. The zero-order valence-electron chi connectivity index (χ0n) is 7.90. The maximum Gasteiger partial charge on any atom is 0.388 e. The van der Waals surface area contributed by atoms with Crippen molar-refractivity contribution in [3.63, 3.8) is 0 Å². The van der Waals surface area contributed by atoms with Crippen LogP contribution in [-0.4, -0.2) is 24.3 Å². The summed E-state index contributed by atoms with van der Waals surface area (Å²) in [6.07, 6.45) is 2.98. The molecule has 1 fully saturated rings. The monoisotopic (exact) mass is 259 g/mol. The minimum Gasteiger partial charge on any atom is -0.497 e. The second kappa shape index (κ2) is 5.25. The molecule has 0 aromatic rings. The zero-order valence-corrected chi connectivity index (χ0v) is 9.49. The molecule has 0 spiro atoms. The van der Waals surface area contributed by atoms with E-state index in [1.807, 2.05) is 0 Å². The third-order valence-corrected chi connectivity index (χ3v) is 2.99. The van der Waals surface area contributed by atoms with E-state index in [2.05, 4.69) is 15.9 Å². The quantitative estimate of drug-likeness (QED) is 0.334. The lowest BCUT2D eigenvalue weighted by Crippen LogP contribution is -2.25. The summed E-state index contributed by atoms with van der Waals surface area (Å²) in [6.45, 7) is 1.80. The Morgan fingerprint density at radius 1 is 1.79 bits per heavy atom. The van der Waals surface area contributed by atoms with Crippen LogP contribution in [-0.2, 0) is 14.2 Å². The smallest absolute Gasteiger partial charge is 0.388 e. The van der Waals surface area contributed by atoms with E-state index in [4.69, 9.17) is 14.7 Å². The largest absolute Gasteiger partial charge is 0.497 e. The van der Waals surface area contributed by atoms with Gasteiger partial charge in [-0.1, -0.05) is 15.9 Å². The van der Waals surface area contributed by atoms with Gasteiger partial charge in [-0.2, -0.15) is 5.26 Å². The number of hydrogen-bond donors (Lipinski definition) is 0. The second-order valence-corrected chi connectivity index (χ2v) is 4.47. The summed E-state index contributed by atoms with van der Waals surface area (Å²) >= 11 is 3.41. The normalized spacial score (nSPS) is 25.6. The molecule has 0 aliphatic carbocycles. The first-order chi connectivity index (χ1) is 6.69. The van der Waals surface area contributed by atoms with Gasteiger partial charge in [0.25, 0.3) is 6.26 Å². The highest BCUT2D eigenvalue weighted by Gasteiger charge is 2.45. The molecule has 1 heterocycles. The van der Waals surface area contributed by atoms with Crippen LogP contribution in [0.4, 0.5) is 0 Å². The van der Waals surface area contributed by atoms with Gasteiger partial charge in [-0.3, -0.25) is 4.79 Å². The van der Waals surface area contributed by atoms with Crippen LogP contribution in [0.2, 0.25) is 12.1 Å². The standard InChI is InChI=1S/C8H11BBrNO3/c1-2-13-8(12)7-3-6(10)4-9(7)14-5-11/h6-7H,2-4H2,1H3/t6-,7+/m0/s1. The van der Waals surface area contributed by atoms with Crippen molar-refractivity contribution < 1.29 is 14.2 Å². The molecule has 1 saturated heterocycles. The van der Waals surface area contributed by atoms with Gasteiger partial charge in [0.05, 0.1) is 12.4 Å². The van der Waals surface area contributed by atoms with Crippen LogP contribution in [0.25, 0.3) is 0 Å². The van der Waals surface area contributed by atoms with Gasteiger partial charge in [-0.05, 0) is 19.7 Å². The molecule has 4 nitrogen and oxygen atoms in total. The van der Waals surface area contributed by atoms with Crippen molar-refractivity contribution in [3.05, 3.63) is 0 Å². The summed E-state index contributed by atoms with van der Waals surface area (Å²) in [6, 6.07) is 0. The summed E-state index contributed by atoms with van der Waals surface area (Å²) in [7, 11) is 0. The van der Waals surface area contributed by atoms with Gasteiger partial charge in [-0.25, -0.2) is 0 Å². The van der Waals surface area contributed by atoms with Crippen LogP contribution in [0, 0.1) is 11.5 Å². The molecule has 2 atom stereocenters. The number of carbonyl (C=O) groups excluding carboxylic acids is 1. The number of halogens is 1. The molecule has 0 unspecified atom stereocenters. The average Bonchev–Trinajstić information content (AvgIpc) is 2.48. The number of nitriles is 1. The first-order valence-corrected chi connectivity index (χ1v) is 5.46. The molecule has 76 valence electrons. The van der Waals surface area contributed by atoms with Crippen molar-refractivity contribution in [3.8, 4) is 6.26 Å². The molecule has 0 aromatic heterocycles. The van der Waals surface area contributed by atoms with Gasteiger partial charge < -0.3 is 9.39 Å². The van der Waals surface area contributed by atoms with Crippen LogP contribution in [0.5, 0.6) is 0 Å². The fraction of sp³-hybridized carbons (Fsp3) is 0.750. The number of hydrogen-bond acceptors (Lipinski definition) is 4. The molecule has 1 aliphatic heterocycles. The number of rotatable bonds is 3. The van der Waals surface area contributed by atoms with Crippen molar-refractivity contribution in [2.24, 2.45) is 0 Å². The Hall–Kier alpha value is -0.695. The van der Waals surface area contributed by atoms with Gasteiger partial charge in [0.1, 0.15) is 0 Å². The molecule has 0 radical (unpaired) electrons. The third-order valence-electron chi connectivity index (χ3n) is 2.24.